The first-order valence-electron chi connectivity index (χ1n) is 30.1. The summed E-state index contributed by atoms with van der Waals surface area (Å²) in [5.41, 5.74) is 0. The molecular weight excluding hydrogens is 929 g/mol. The van der Waals surface area contributed by atoms with Crippen molar-refractivity contribution in [3.8, 4) is 0 Å². The van der Waals surface area contributed by atoms with Crippen molar-refractivity contribution in [3.05, 3.63) is 0 Å². The number of ether oxygens (including phenoxy) is 4. The van der Waals surface area contributed by atoms with Crippen molar-refractivity contribution < 1.29 is 38.1 Å². The van der Waals surface area contributed by atoms with Crippen LogP contribution in [-0.4, -0.2) is 111 Å². The summed E-state index contributed by atoms with van der Waals surface area (Å²) in [6, 6.07) is 0. The Hall–Kier alpha value is -1.50. The minimum atomic E-state index is -0.195. The van der Waals surface area contributed by atoms with Crippen LogP contribution in [0.4, 0.5) is 0 Å². The number of carbonyl (C=O) groups is 4. The van der Waals surface area contributed by atoms with Gasteiger partial charge in [-0.1, -0.05) is 171 Å². The van der Waals surface area contributed by atoms with Crippen LogP contribution in [0.1, 0.15) is 252 Å². The lowest BCUT2D eigenvalue weighted by Crippen LogP contribution is -2.36. The van der Waals surface area contributed by atoms with Crippen molar-refractivity contribution in [1.82, 2.24) is 9.80 Å². The van der Waals surface area contributed by atoms with Crippen LogP contribution < -0.4 is 0 Å². The van der Waals surface area contributed by atoms with E-state index < -0.39 is 0 Å². The smallest absolute Gasteiger partial charge is 0.305 e. The van der Waals surface area contributed by atoms with Gasteiger partial charge in [0.2, 0.25) is 0 Å². The summed E-state index contributed by atoms with van der Waals surface area (Å²) < 4.78 is 22.5. The van der Waals surface area contributed by atoms with Crippen molar-refractivity contribution in [2.75, 3.05) is 77.2 Å². The largest absolute Gasteiger partial charge is 0.466 e. The van der Waals surface area contributed by atoms with Crippen LogP contribution in [0, 0.1) is 23.7 Å². The van der Waals surface area contributed by atoms with Gasteiger partial charge in [-0.3, -0.25) is 19.2 Å². The van der Waals surface area contributed by atoms with Crippen LogP contribution in [0.2, 0.25) is 0 Å². The Labute approximate surface area is 444 Å². The number of carbonyl (C=O) groups excluding carboxylic acids is 4. The summed E-state index contributed by atoms with van der Waals surface area (Å²) in [7, 11) is 3.99. The maximum Gasteiger partial charge on any atom is 0.305 e. The average Bonchev–Trinajstić information content (AvgIpc) is 3.37. The fourth-order valence-electron chi connectivity index (χ4n) is 10.2. The number of unbranched alkanes of at least 4 members (excludes halogenated alkanes) is 15. The van der Waals surface area contributed by atoms with E-state index in [1.165, 1.54) is 122 Å². The molecule has 0 N–H and O–H groups in total. The molecule has 0 spiro atoms. The van der Waals surface area contributed by atoms with E-state index in [2.05, 4.69) is 37.5 Å². The third kappa shape index (κ3) is 38.7. The fourth-order valence-corrected chi connectivity index (χ4v) is 12.2. The van der Waals surface area contributed by atoms with Gasteiger partial charge in [-0.25, -0.2) is 0 Å². The van der Waals surface area contributed by atoms with Crippen LogP contribution in [0.25, 0.3) is 0 Å². The highest BCUT2D eigenvalue weighted by Crippen LogP contribution is 2.27. The van der Waals surface area contributed by atoms with Crippen LogP contribution in [0.3, 0.4) is 0 Å². The SMILES string of the molecule is CCCCCCCCC(CCCCCC)COC(=O)CCCC(=O)OCCC1CCN(CCSSCCN2CCC(CCOC(=O)CCCC(=O)OCC(CCCCCC)CCCCCCC)CC2)CC1. The van der Waals surface area contributed by atoms with Gasteiger partial charge in [0, 0.05) is 50.3 Å². The number of likely N-dealkylation sites (tertiary alicyclic amines) is 2. The first kappa shape index (κ1) is 65.6. The van der Waals surface area contributed by atoms with Crippen LogP contribution in [-0.2, 0) is 38.1 Å². The molecule has 2 heterocycles. The van der Waals surface area contributed by atoms with Crippen molar-refractivity contribution in [2.45, 2.75) is 252 Å². The zero-order chi connectivity index (χ0) is 51.3. The number of hydrogen-bond acceptors (Lipinski definition) is 12. The minimum Gasteiger partial charge on any atom is -0.466 e. The van der Waals surface area contributed by atoms with Crippen molar-refractivity contribution in [2.24, 2.45) is 23.7 Å². The van der Waals surface area contributed by atoms with Gasteiger partial charge < -0.3 is 28.7 Å². The topological polar surface area (TPSA) is 112 Å². The molecule has 0 aromatic carbocycles. The highest BCUT2D eigenvalue weighted by Gasteiger charge is 2.22. The molecule has 0 bridgehead atoms. The standard InChI is InChI=1S/C59H110N2O8S2/c1-5-9-13-17-19-23-29-55(27-21-16-12-8-4)51-69-59(65)33-25-31-57(63)67-47-39-53-36-42-61(43-37-53)45-49-71-70-48-44-60-40-34-52(35-41-60)38-46-66-56(62)30-24-32-58(64)68-50-54(26-20-15-11-7-3)28-22-18-14-10-6-2/h52-55H,5-51H2,1-4H3. The summed E-state index contributed by atoms with van der Waals surface area (Å²) in [5, 5.41) is 0. The lowest BCUT2D eigenvalue weighted by molar-refractivity contribution is -0.148. The summed E-state index contributed by atoms with van der Waals surface area (Å²) in [6.07, 6.45) is 37.3. The lowest BCUT2D eigenvalue weighted by Gasteiger charge is -2.32. The van der Waals surface area contributed by atoms with Crippen LogP contribution in [0.5, 0.6) is 0 Å². The molecule has 0 aromatic rings. The van der Waals surface area contributed by atoms with Crippen LogP contribution >= 0.6 is 21.6 Å². The zero-order valence-corrected chi connectivity index (χ0v) is 48.2. The van der Waals surface area contributed by atoms with E-state index in [0.29, 0.717) is 62.9 Å². The molecule has 10 nitrogen and oxygen atoms in total. The second-order valence-electron chi connectivity index (χ2n) is 21.5. The normalized spacial score (nSPS) is 15.9. The first-order valence-corrected chi connectivity index (χ1v) is 32.6. The fraction of sp³-hybridized carbons (Fsp3) is 0.932. The summed E-state index contributed by atoms with van der Waals surface area (Å²) in [6.45, 7) is 17.7. The minimum absolute atomic E-state index is 0.176. The number of piperidine rings is 2. The molecule has 2 saturated heterocycles. The summed E-state index contributed by atoms with van der Waals surface area (Å²) in [5.74, 6) is 3.68. The Morgan fingerprint density at radius 1 is 0.408 bits per heavy atom. The molecule has 2 aliphatic heterocycles. The van der Waals surface area contributed by atoms with Gasteiger partial charge in [0.15, 0.2) is 0 Å². The van der Waals surface area contributed by atoms with Gasteiger partial charge in [0.05, 0.1) is 26.4 Å². The average molecular weight is 1040 g/mol. The lowest BCUT2D eigenvalue weighted by atomic mass is 9.94. The molecular formula is C59H110N2O8S2. The second kappa shape index (κ2) is 47.0. The Balaban J connectivity index is 1.42. The maximum atomic E-state index is 12.5. The van der Waals surface area contributed by atoms with Gasteiger partial charge in [-0.05, 0) is 127 Å². The Kier molecular flexibility index (Phi) is 43.4. The molecule has 416 valence electrons. The van der Waals surface area contributed by atoms with E-state index >= 15 is 0 Å². The number of rotatable bonds is 48. The molecule has 2 fully saturated rings. The Morgan fingerprint density at radius 2 is 0.704 bits per heavy atom. The second-order valence-corrected chi connectivity index (χ2v) is 24.2. The van der Waals surface area contributed by atoms with Gasteiger partial charge in [-0.2, -0.15) is 0 Å². The summed E-state index contributed by atoms with van der Waals surface area (Å²) >= 11 is 0. The third-order valence-electron chi connectivity index (χ3n) is 15.2. The van der Waals surface area contributed by atoms with Crippen molar-refractivity contribution >= 4 is 45.5 Å². The van der Waals surface area contributed by atoms with E-state index in [1.807, 2.05) is 21.6 Å². The third-order valence-corrected chi connectivity index (χ3v) is 17.5. The molecule has 0 aliphatic carbocycles. The molecule has 2 atom stereocenters. The van der Waals surface area contributed by atoms with Crippen LogP contribution in [0.15, 0.2) is 0 Å². The van der Waals surface area contributed by atoms with Gasteiger partial charge in [0.1, 0.15) is 0 Å². The monoisotopic (exact) mass is 1040 g/mol. The van der Waals surface area contributed by atoms with E-state index in [-0.39, 0.29) is 49.6 Å². The predicted octanol–water partition coefficient (Wildman–Crippen LogP) is 15.4. The predicted molar refractivity (Wildman–Crippen MR) is 300 cm³/mol. The first-order chi connectivity index (χ1) is 34.8. The van der Waals surface area contributed by atoms with Crippen molar-refractivity contribution in [3.63, 3.8) is 0 Å². The highest BCUT2D eigenvalue weighted by atomic mass is 33.1. The summed E-state index contributed by atoms with van der Waals surface area (Å²) in [4.78, 5) is 55.0. The van der Waals surface area contributed by atoms with E-state index in [9.17, 15) is 19.2 Å². The molecule has 0 saturated carbocycles. The zero-order valence-electron chi connectivity index (χ0n) is 46.5. The molecule has 0 amide bonds. The van der Waals surface area contributed by atoms with Crippen molar-refractivity contribution in [1.29, 1.82) is 0 Å². The maximum absolute atomic E-state index is 12.5. The number of hydrogen-bond donors (Lipinski definition) is 0. The van der Waals surface area contributed by atoms with Gasteiger partial charge in [-0.15, -0.1) is 0 Å². The Morgan fingerprint density at radius 3 is 1.04 bits per heavy atom. The van der Waals surface area contributed by atoms with Gasteiger partial charge >= 0.3 is 23.9 Å². The van der Waals surface area contributed by atoms with E-state index in [1.54, 1.807) is 0 Å². The number of nitrogens with zero attached hydrogens (tertiary/aromatic N) is 2. The van der Waals surface area contributed by atoms with E-state index in [0.717, 1.165) is 115 Å². The molecule has 12 heteroatoms. The molecule has 2 rings (SSSR count). The molecule has 71 heavy (non-hydrogen) atoms. The number of esters is 4. The quantitative estimate of drug-likeness (QED) is 0.0250. The molecule has 0 radical (unpaired) electrons. The Bertz CT molecular complexity index is 1280. The molecule has 0 aromatic heterocycles. The van der Waals surface area contributed by atoms with E-state index in [4.69, 9.17) is 18.9 Å². The molecule has 2 unspecified atom stereocenters. The van der Waals surface area contributed by atoms with Gasteiger partial charge in [0.25, 0.3) is 0 Å². The molecule has 2 aliphatic rings. The highest BCUT2D eigenvalue weighted by molar-refractivity contribution is 8.76.